The molecule has 8 fully saturated rings. The molecule has 15 N–H and O–H groups in total. The number of fused-ring (bicyclic) bond motifs is 12. The molecule has 73 heteroatoms. The van der Waals surface area contributed by atoms with Crippen LogP contribution < -0.4 is 33.9 Å². The second kappa shape index (κ2) is 37.7. The second-order valence-electron chi connectivity index (χ2n) is 30.4. The van der Waals surface area contributed by atoms with Crippen molar-refractivity contribution in [3.63, 3.8) is 0 Å². The Hall–Kier alpha value is -7.64. The first-order valence-corrected chi connectivity index (χ1v) is 54.2. The number of anilines is 3. The molecule has 8 saturated heterocycles. The van der Waals surface area contributed by atoms with Crippen LogP contribution in [0.4, 0.5) is 51.4 Å². The number of hydrogen-bond acceptors (Lipinski definition) is 47. The lowest BCUT2D eigenvalue weighted by Gasteiger charge is -2.28. The number of H-pyrrole nitrogens is 3. The summed E-state index contributed by atoms with van der Waals surface area (Å²) in [6, 6.07) is 0. The van der Waals surface area contributed by atoms with Crippen LogP contribution in [0.5, 0.6) is 0 Å². The summed E-state index contributed by atoms with van der Waals surface area (Å²) < 4.78 is 212. The van der Waals surface area contributed by atoms with Crippen molar-refractivity contribution < 1.29 is 153 Å². The number of hydrogen-bond donors (Lipinski definition) is 14. The molecule has 726 valence electrons. The van der Waals surface area contributed by atoms with Crippen LogP contribution in [0, 0.1) is 0 Å². The molecule has 0 spiro atoms. The van der Waals surface area contributed by atoms with Gasteiger partial charge in [-0.1, -0.05) is 17.5 Å². The van der Waals surface area contributed by atoms with Gasteiger partial charge in [0.25, 0.3) is 16.7 Å². The lowest BCUT2D eigenvalue weighted by molar-refractivity contribution is -0.141. The zero-order valence-corrected chi connectivity index (χ0v) is 77.5. The molecule has 0 aromatic carbocycles. The number of nitrogens with zero attached hydrogens (tertiary/aromatic N) is 19. The summed E-state index contributed by atoms with van der Waals surface area (Å²) in [6.45, 7) is -22.2. The van der Waals surface area contributed by atoms with Crippen LogP contribution in [0.15, 0.2) is 61.0 Å². The highest BCUT2D eigenvalue weighted by Crippen LogP contribution is 2.63. The van der Waals surface area contributed by atoms with Gasteiger partial charge in [-0.15, -0.1) is 21.4 Å². The number of halogens is 5. The number of aliphatic imine (C=N–C) groups is 2. The van der Waals surface area contributed by atoms with E-state index < -0.39 is 243 Å². The van der Waals surface area contributed by atoms with Gasteiger partial charge in [-0.05, 0) is 40.0 Å². The lowest BCUT2D eigenvalue weighted by Crippen LogP contribution is -2.41. The van der Waals surface area contributed by atoms with Gasteiger partial charge in [0.15, 0.2) is 117 Å². The van der Waals surface area contributed by atoms with E-state index in [0.717, 1.165) is 39.9 Å². The average molecular weight is 2130 g/mol. The van der Waals surface area contributed by atoms with Crippen molar-refractivity contribution in [3.8, 4) is 0 Å². The molecule has 0 radical (unpaired) electrons. The monoisotopic (exact) mass is 2130 g/mol. The van der Waals surface area contributed by atoms with Gasteiger partial charge in [0.1, 0.15) is 84.8 Å². The van der Waals surface area contributed by atoms with E-state index in [0.29, 0.717) is 10.4 Å². The number of imidazole rings is 5. The van der Waals surface area contributed by atoms with E-state index in [1.54, 1.807) is 0 Å². The summed E-state index contributed by atoms with van der Waals surface area (Å²) in [5.41, 5.74) is 14.6. The van der Waals surface area contributed by atoms with E-state index in [2.05, 4.69) is 105 Å². The van der Waals surface area contributed by atoms with Crippen molar-refractivity contribution in [2.75, 3.05) is 56.8 Å². The van der Waals surface area contributed by atoms with Gasteiger partial charge in [0.2, 0.25) is 29.9 Å². The van der Waals surface area contributed by atoms with Crippen LogP contribution in [0.1, 0.15) is 99.4 Å². The summed E-state index contributed by atoms with van der Waals surface area (Å²) in [5.74, 6) is -6.11. The van der Waals surface area contributed by atoms with Crippen LogP contribution in [0.25, 0.3) is 33.5 Å². The number of phosphoric ester groups is 1. The fourth-order valence-electron chi connectivity index (χ4n) is 15.8. The lowest BCUT2D eigenvalue weighted by atomic mass is 10.1. The number of nitrogen functional groups attached to an aromatic ring is 3. The summed E-state index contributed by atoms with van der Waals surface area (Å²) in [7, 11) is -7.43. The minimum Gasteiger partial charge on any atom is -0.394 e. The minimum atomic E-state index is -5.04. The van der Waals surface area contributed by atoms with Gasteiger partial charge in [-0.3, -0.25) is 93.7 Å². The number of rotatable bonds is 14. The molecule has 0 aliphatic carbocycles. The summed E-state index contributed by atoms with van der Waals surface area (Å²) in [5, 5.41) is 30.3. The van der Waals surface area contributed by atoms with E-state index >= 15 is 22.0 Å². The first-order valence-electron chi connectivity index (χ1n) is 39.0. The molecule has 56 nitrogen and oxygen atoms in total. The fraction of sp³-hybridized carbons (Fsp3) is 0.532. The highest BCUT2D eigenvalue weighted by Gasteiger charge is 2.65. The maximum absolute atomic E-state index is 15.9. The number of nitrogens with one attached hydrogen (secondary N) is 3. The molecule has 11 aliphatic heterocycles. The van der Waals surface area contributed by atoms with Crippen molar-refractivity contribution in [2.45, 2.75) is 165 Å². The van der Waals surface area contributed by atoms with Crippen molar-refractivity contribution >= 4 is 213 Å². The number of ether oxygens (including phenoxy) is 5. The first-order chi connectivity index (χ1) is 63.9. The minimum absolute atomic E-state index is 0.00252. The molecule has 0 amide bonds. The molecule has 20 rings (SSSR count). The zero-order valence-electron chi connectivity index (χ0n) is 67.1. The highest BCUT2D eigenvalue weighted by molar-refractivity contribution is 8.44. The normalized spacial score (nSPS) is 35.6. The summed E-state index contributed by atoms with van der Waals surface area (Å²) in [6.07, 6.45) is -22.5. The number of carbonyl (C=O) groups excluding carboxylic acids is 3. The number of aliphatic hydroxyl groups is 2. The number of thiol groups is 2. The molecule has 0 saturated carbocycles. The number of phosphoric acid groups is 1. The summed E-state index contributed by atoms with van der Waals surface area (Å²) >= 11 is 24.0. The molecule has 4 bridgehead atoms. The molecule has 11 aliphatic rings. The largest absolute Gasteiger partial charge is 0.582 e. The van der Waals surface area contributed by atoms with Gasteiger partial charge in [-0.2, -0.15) is 33.5 Å². The summed E-state index contributed by atoms with van der Waals surface area (Å²) in [4.78, 5) is 164. The van der Waals surface area contributed by atoms with Crippen LogP contribution in [-0.2, 0) is 123 Å². The SMILES string of the molecule is Nc1nc2c(ncn2[C@@H]2O[C@@H]3COP(O)(=S)O[C@@H]4[C@@H](COP(=O)(S)O[C@@H]2[C@@H]3F)O[C@@H](n2nnc3c2N=CCC3=O)C4(F)F)c(=O)[nH]1.Nc1nc2c(ncn2[C@@H]2O[C@H](CO)[C@@H](F)[C@H]2OP(O)(=S)OC[C@H]2O[C@@H](c3cnc4n3N=CCC4=O)C[C@@H]2O[P+](=O)S)c(=O)[nH]1.Nc1nc2c(ncn2[C@@H]2S[C@@H]3COP(=O)(O)O[C@H]4[C@H](F)[C@H](n5cnc6c5N=CCC6=O)O[C@@H]4COP(O)(=S)O[C@@H]2[C@@H]3O)c(=O)[nH]1. The van der Waals surface area contributed by atoms with Gasteiger partial charge in [0.05, 0.1) is 94.6 Å². The van der Waals surface area contributed by atoms with Crippen LogP contribution in [0.3, 0.4) is 0 Å². The third-order valence-corrected chi connectivity index (χ3v) is 31.3. The Labute approximate surface area is 776 Å². The number of thioether (sulfide) groups is 1. The molecule has 9 aromatic heterocycles. The molecule has 135 heavy (non-hydrogen) atoms. The van der Waals surface area contributed by atoms with Gasteiger partial charge < -0.3 is 84.2 Å². The van der Waals surface area contributed by atoms with E-state index in [4.69, 9.17) is 126 Å². The standard InChI is InChI=1S/C21H23FN8O11P2S2.C21H23FN8O10P2S2.C20H20F3N9O10P2S2/c22-10-14-8(39-19(10)29-5-25-11-7(31)1-2-24-16(11)29)3-38-43(36,44)41-15-13(32)9(4-37-42(34,35)40-14)45-20(15)30-6-26-12-17(30)27-21(23)28-18(12)33;22-14-12(5-31)38-20(29-7-25-15-18(29)27-21(23)28-19(15)33)16(14)40-42(35,44)36-6-13-11(39-41(34)43)3-10(37-13)8-4-24-17-9(32)1-2-26-30(8)17;21-9-7-3-37-44(36,46)42-13-8(40-18(20(13,22)23)32-14-10(29-30-32)6(33)1-2-25-14)4-38-43(35,45)41-12(9)17(39-7)31-5-26-11-15(31)27-19(24)28-16(11)34/h2,5-6,8-10,13-15,19-20,32H,1,3-4H2,(H,34,35)(H,36,44)(H3,23,27,28,33);2,4,7,10-14,16,20,31H,1,3,5-6H2,(H4-,23,27,28,33,34,35,43,44);2,5,7-9,12-13,17-18H,1,3-4H2,(H,35,45)(H,36,46)(H3,24,27,28,34)/p+1/t8-,9-,10+,13-,14-,15-,19-,20-,43?;10-,11+,12-,13-,14-,16-,20-,42?;7-,8-,9-,12-,13-,17-,18-,43?,44?/m111/s1. The maximum atomic E-state index is 15.9. The third-order valence-electron chi connectivity index (χ3n) is 21.8. The maximum Gasteiger partial charge on any atom is 0.582 e. The third kappa shape index (κ3) is 19.4. The number of alkyl halides is 5. The van der Waals surface area contributed by atoms with Crippen molar-refractivity contribution in [2.24, 2.45) is 15.1 Å². The van der Waals surface area contributed by atoms with Crippen molar-refractivity contribution in [1.82, 2.24) is 92.8 Å². The molecule has 9 aromatic rings. The van der Waals surface area contributed by atoms with Gasteiger partial charge in [-0.25, -0.2) is 61.9 Å². The van der Waals surface area contributed by atoms with Crippen molar-refractivity contribution in [1.29, 1.82) is 0 Å². The van der Waals surface area contributed by atoms with E-state index in [9.17, 15) is 72.2 Å². The van der Waals surface area contributed by atoms with Gasteiger partial charge in [0, 0.05) is 37.9 Å². The predicted octanol–water partition coefficient (Wildman–Crippen LogP) is 2.02. The number of nitrogens with two attached hydrogens (primary N) is 3. The molecular formula is C62H67F5N25O31P6S6+. The zero-order chi connectivity index (χ0) is 95.9. The molecule has 28 atom stereocenters. The Balaban J connectivity index is 0.000000135. The molecule has 20 heterocycles. The Morgan fingerprint density at radius 2 is 1.24 bits per heavy atom. The predicted molar refractivity (Wildman–Crippen MR) is 462 cm³/mol. The van der Waals surface area contributed by atoms with Gasteiger partial charge >= 0.3 is 47.9 Å². The number of aliphatic hydroxyl groups excluding tert-OH is 2. The van der Waals surface area contributed by atoms with Crippen LogP contribution in [0.2, 0.25) is 0 Å². The number of aromatic amines is 3. The average Bonchev–Trinajstić information content (AvgIpc) is 1.59. The van der Waals surface area contributed by atoms with Crippen molar-refractivity contribution in [3.05, 3.63) is 85.5 Å². The smallest absolute Gasteiger partial charge is 0.394 e. The Kier molecular flexibility index (Phi) is 27.3. The molecule has 6 unspecified atom stereocenters. The number of aromatic nitrogens is 19. The first kappa shape index (κ1) is 97.6. The Morgan fingerprint density at radius 1 is 0.652 bits per heavy atom. The van der Waals surface area contributed by atoms with E-state index in [1.165, 1.54) is 45.0 Å². The quantitative estimate of drug-likeness (QED) is 0.0421. The van der Waals surface area contributed by atoms with Crippen LogP contribution in [-0.4, -0.2) is 301 Å². The number of ketones is 3. The topological polar surface area (TPSA) is 744 Å². The van der Waals surface area contributed by atoms with E-state index in [-0.39, 0.29) is 117 Å². The van der Waals surface area contributed by atoms with E-state index in [1.807, 2.05) is 0 Å². The Morgan fingerprint density at radius 3 is 1.89 bits per heavy atom. The fourth-order valence-corrected chi connectivity index (χ4v) is 24.9. The second-order valence-corrected chi connectivity index (χ2v) is 46.0. The molecular weight excluding hydrogens is 2060 g/mol. The van der Waals surface area contributed by atoms with Crippen LogP contribution >= 0.6 is 78.3 Å². The Bertz CT molecular complexity index is 6800. The number of carbonyl (C=O) groups is 3. The number of Topliss-reactive ketones (excluding diaryl/α,β-unsaturated/α-hetero) is 3. The highest BCUT2D eigenvalue weighted by atomic mass is 32.7.